The lowest BCUT2D eigenvalue weighted by Gasteiger charge is -2.10. The molecule has 0 spiro atoms. The van der Waals surface area contributed by atoms with Crippen molar-refractivity contribution in [3.63, 3.8) is 0 Å². The van der Waals surface area contributed by atoms with Crippen LogP contribution >= 0.6 is 24.0 Å². The van der Waals surface area contributed by atoms with E-state index in [9.17, 15) is 13.6 Å². The average molecular weight is 498 g/mol. The minimum atomic E-state index is -3.80. The van der Waals surface area contributed by atoms with E-state index < -0.39 is 10.0 Å². The standard InChI is InChI=1S/C23H19N3O4S3/c1-26(27)23(31)32-18-9-5-8-17(14-18)22-25-20(21(30-22)16-6-3-2-4-7-16)15-10-12-19(13-11-15)33(24,28)29/h2-14,27H,1H3,(H2,24,28,29). The summed E-state index contributed by atoms with van der Waals surface area (Å²) in [7, 11) is -2.34. The molecule has 168 valence electrons. The summed E-state index contributed by atoms with van der Waals surface area (Å²) in [5.74, 6) is 0.947. The van der Waals surface area contributed by atoms with Crippen LogP contribution < -0.4 is 5.14 Å². The molecule has 0 radical (unpaired) electrons. The molecule has 3 aromatic carbocycles. The Morgan fingerprint density at radius 2 is 1.67 bits per heavy atom. The molecule has 1 heterocycles. The Morgan fingerprint density at radius 1 is 1.00 bits per heavy atom. The minimum Gasteiger partial charge on any atom is -0.435 e. The van der Waals surface area contributed by atoms with Crippen LogP contribution in [-0.2, 0) is 10.0 Å². The fraction of sp³-hybridized carbons (Fsp3) is 0.0435. The van der Waals surface area contributed by atoms with Crippen LogP contribution in [0.15, 0.2) is 93.1 Å². The largest absolute Gasteiger partial charge is 0.435 e. The zero-order chi connectivity index (χ0) is 23.6. The van der Waals surface area contributed by atoms with Crippen LogP contribution in [-0.4, -0.2) is 35.0 Å². The molecule has 0 atom stereocenters. The summed E-state index contributed by atoms with van der Waals surface area (Å²) < 4.78 is 29.7. The van der Waals surface area contributed by atoms with Gasteiger partial charge in [0.1, 0.15) is 5.69 Å². The second-order valence-corrected chi connectivity index (χ2v) is 10.3. The van der Waals surface area contributed by atoms with Crippen molar-refractivity contribution >= 4 is 38.3 Å². The van der Waals surface area contributed by atoms with Gasteiger partial charge in [-0.05, 0) is 30.3 Å². The number of nitrogens with zero attached hydrogens (tertiary/aromatic N) is 2. The lowest BCUT2D eigenvalue weighted by atomic mass is 10.1. The van der Waals surface area contributed by atoms with E-state index in [1.165, 1.54) is 30.9 Å². The second-order valence-electron chi connectivity index (χ2n) is 7.05. The van der Waals surface area contributed by atoms with Gasteiger partial charge in [-0.3, -0.25) is 5.21 Å². The van der Waals surface area contributed by atoms with Gasteiger partial charge in [-0.15, -0.1) is 0 Å². The van der Waals surface area contributed by atoms with E-state index >= 15 is 0 Å². The van der Waals surface area contributed by atoms with Gasteiger partial charge >= 0.3 is 0 Å². The summed E-state index contributed by atoms with van der Waals surface area (Å²) in [6.45, 7) is 0. The number of nitrogens with two attached hydrogens (primary N) is 1. The molecule has 4 aromatic rings. The van der Waals surface area contributed by atoms with Crippen LogP contribution in [0.25, 0.3) is 34.0 Å². The third-order valence-corrected chi connectivity index (χ3v) is 7.04. The van der Waals surface area contributed by atoms with E-state index in [4.69, 9.17) is 26.8 Å². The third kappa shape index (κ3) is 5.32. The normalized spacial score (nSPS) is 11.4. The first-order chi connectivity index (χ1) is 15.7. The van der Waals surface area contributed by atoms with Gasteiger partial charge in [0.15, 0.2) is 10.1 Å². The van der Waals surface area contributed by atoms with Crippen molar-refractivity contribution in [2.24, 2.45) is 5.14 Å². The smallest absolute Gasteiger partial charge is 0.238 e. The van der Waals surface area contributed by atoms with E-state index in [1.807, 2.05) is 54.6 Å². The fourth-order valence-corrected chi connectivity index (χ4v) is 4.56. The highest BCUT2D eigenvalue weighted by Crippen LogP contribution is 2.37. The van der Waals surface area contributed by atoms with Crippen molar-refractivity contribution in [3.05, 3.63) is 78.9 Å². The maximum absolute atomic E-state index is 11.6. The summed E-state index contributed by atoms with van der Waals surface area (Å²) >= 11 is 6.39. The lowest BCUT2D eigenvalue weighted by molar-refractivity contribution is 0.0205. The summed E-state index contributed by atoms with van der Waals surface area (Å²) in [6, 6.07) is 23.2. The molecule has 1 aromatic heterocycles. The molecular weight excluding hydrogens is 478 g/mol. The summed E-state index contributed by atoms with van der Waals surface area (Å²) in [6.07, 6.45) is 0. The highest BCUT2D eigenvalue weighted by molar-refractivity contribution is 8.22. The number of hydrogen-bond donors (Lipinski definition) is 2. The van der Waals surface area contributed by atoms with Crippen molar-refractivity contribution in [2.75, 3.05) is 7.05 Å². The van der Waals surface area contributed by atoms with Crippen LogP contribution in [0.4, 0.5) is 0 Å². The van der Waals surface area contributed by atoms with Crippen LogP contribution in [0, 0.1) is 0 Å². The molecule has 0 aliphatic rings. The Kier molecular flexibility index (Phi) is 6.63. The van der Waals surface area contributed by atoms with Crippen LogP contribution in [0.1, 0.15) is 0 Å². The second kappa shape index (κ2) is 9.46. The van der Waals surface area contributed by atoms with Crippen molar-refractivity contribution in [1.29, 1.82) is 0 Å². The van der Waals surface area contributed by atoms with Gasteiger partial charge in [-0.25, -0.2) is 23.6 Å². The number of hydrogen-bond acceptors (Lipinski definition) is 7. The molecule has 0 saturated heterocycles. The number of thioether (sulfide) groups is 1. The quantitative estimate of drug-likeness (QED) is 0.225. The van der Waals surface area contributed by atoms with Gasteiger partial charge in [0, 0.05) is 28.6 Å². The molecule has 0 aliphatic heterocycles. The van der Waals surface area contributed by atoms with Crippen LogP contribution in [0.3, 0.4) is 0 Å². The number of oxazole rings is 1. The molecule has 33 heavy (non-hydrogen) atoms. The number of sulfonamides is 1. The van der Waals surface area contributed by atoms with Gasteiger partial charge in [0.2, 0.25) is 15.9 Å². The molecule has 0 saturated carbocycles. The Balaban J connectivity index is 1.79. The van der Waals surface area contributed by atoms with E-state index in [2.05, 4.69) is 0 Å². The number of benzene rings is 3. The molecule has 0 fully saturated rings. The van der Waals surface area contributed by atoms with Gasteiger partial charge < -0.3 is 4.42 Å². The lowest BCUT2D eigenvalue weighted by Crippen LogP contribution is -2.16. The molecule has 0 unspecified atom stereocenters. The fourth-order valence-electron chi connectivity index (χ4n) is 3.09. The van der Waals surface area contributed by atoms with Gasteiger partial charge in [0.05, 0.1) is 4.90 Å². The summed E-state index contributed by atoms with van der Waals surface area (Å²) in [5.41, 5.74) is 2.81. The Bertz CT molecular complexity index is 1400. The Labute approximate surface area is 200 Å². The molecule has 0 aliphatic carbocycles. The van der Waals surface area contributed by atoms with Gasteiger partial charge in [-0.2, -0.15) is 0 Å². The Morgan fingerprint density at radius 3 is 2.30 bits per heavy atom. The summed E-state index contributed by atoms with van der Waals surface area (Å²) in [5, 5.41) is 15.6. The number of rotatable bonds is 5. The third-order valence-electron chi connectivity index (χ3n) is 4.67. The molecule has 4 rings (SSSR count). The molecular formula is C23H19N3O4S3. The van der Waals surface area contributed by atoms with E-state index in [0.29, 0.717) is 27.2 Å². The maximum Gasteiger partial charge on any atom is 0.238 e. The zero-order valence-electron chi connectivity index (χ0n) is 17.4. The van der Waals surface area contributed by atoms with Crippen molar-refractivity contribution in [2.45, 2.75) is 9.79 Å². The number of hydroxylamine groups is 2. The number of primary sulfonamides is 1. The summed E-state index contributed by atoms with van der Waals surface area (Å²) in [4.78, 5) is 5.56. The van der Waals surface area contributed by atoms with Gasteiger partial charge in [0.25, 0.3) is 0 Å². The maximum atomic E-state index is 11.6. The molecule has 7 nitrogen and oxygen atoms in total. The topological polar surface area (TPSA) is 110 Å². The minimum absolute atomic E-state index is 0.0192. The number of aromatic nitrogens is 1. The first-order valence-corrected chi connectivity index (χ1v) is 12.4. The molecule has 0 bridgehead atoms. The molecule has 10 heteroatoms. The molecule has 0 amide bonds. The first kappa shape index (κ1) is 23.1. The van der Waals surface area contributed by atoms with E-state index in [0.717, 1.165) is 21.1 Å². The predicted octanol–water partition coefficient (Wildman–Crippen LogP) is 5.02. The molecule has 3 N–H and O–H groups in total. The van der Waals surface area contributed by atoms with Crippen molar-refractivity contribution in [3.8, 4) is 34.0 Å². The zero-order valence-corrected chi connectivity index (χ0v) is 19.8. The van der Waals surface area contributed by atoms with Crippen molar-refractivity contribution in [1.82, 2.24) is 10.0 Å². The highest BCUT2D eigenvalue weighted by Gasteiger charge is 2.19. The SMILES string of the molecule is CN(O)C(=S)Sc1cccc(-c2nc(-c3ccc(S(N)(=O)=O)cc3)c(-c3ccccc3)o2)c1. The highest BCUT2D eigenvalue weighted by atomic mass is 32.2. The van der Waals surface area contributed by atoms with Gasteiger partial charge in [-0.1, -0.05) is 72.5 Å². The average Bonchev–Trinajstić information content (AvgIpc) is 3.25. The predicted molar refractivity (Wildman–Crippen MR) is 132 cm³/mol. The van der Waals surface area contributed by atoms with Crippen LogP contribution in [0.2, 0.25) is 0 Å². The first-order valence-electron chi connectivity index (χ1n) is 9.67. The van der Waals surface area contributed by atoms with Crippen molar-refractivity contribution < 1.29 is 18.0 Å². The Hall–Kier alpha value is -3.02. The number of thiocarbonyl (C=S) groups is 1. The van der Waals surface area contributed by atoms with E-state index in [1.54, 1.807) is 12.1 Å². The monoisotopic (exact) mass is 497 g/mol. The van der Waals surface area contributed by atoms with Crippen LogP contribution in [0.5, 0.6) is 0 Å². The van der Waals surface area contributed by atoms with E-state index in [-0.39, 0.29) is 4.90 Å².